The van der Waals surface area contributed by atoms with Crippen molar-refractivity contribution < 1.29 is 8.42 Å². The monoisotopic (exact) mass is 380 g/mol. The molecular formula is C15H13ClN4O2S2. The highest BCUT2D eigenvalue weighted by Crippen LogP contribution is 2.27. The van der Waals surface area contributed by atoms with Crippen LogP contribution in [0.2, 0.25) is 4.34 Å². The van der Waals surface area contributed by atoms with Crippen molar-refractivity contribution in [2.24, 2.45) is 0 Å². The van der Waals surface area contributed by atoms with Crippen LogP contribution in [-0.4, -0.2) is 18.4 Å². The van der Waals surface area contributed by atoms with Gasteiger partial charge in [-0.2, -0.15) is 0 Å². The second-order valence-corrected chi connectivity index (χ2v) is 8.43. The van der Waals surface area contributed by atoms with E-state index in [0.717, 1.165) is 16.9 Å². The molecule has 0 fully saturated rings. The molecule has 124 valence electrons. The van der Waals surface area contributed by atoms with Gasteiger partial charge in [-0.25, -0.2) is 13.4 Å². The third kappa shape index (κ3) is 4.22. The average Bonchev–Trinajstić information content (AvgIpc) is 3.02. The molecule has 0 radical (unpaired) electrons. The van der Waals surface area contributed by atoms with Gasteiger partial charge in [-0.3, -0.25) is 9.71 Å². The van der Waals surface area contributed by atoms with Crippen LogP contribution < -0.4 is 10.0 Å². The van der Waals surface area contributed by atoms with Crippen LogP contribution in [0.1, 0.15) is 5.56 Å². The summed E-state index contributed by atoms with van der Waals surface area (Å²) in [5.74, 6) is 0.647. The number of pyridine rings is 2. The number of hydrogen-bond acceptors (Lipinski definition) is 6. The summed E-state index contributed by atoms with van der Waals surface area (Å²) in [6.07, 6.45) is 4.90. The largest absolute Gasteiger partial charge is 0.366 e. The summed E-state index contributed by atoms with van der Waals surface area (Å²) in [5, 5.41) is 3.15. The highest BCUT2D eigenvalue weighted by Gasteiger charge is 2.16. The third-order valence-electron chi connectivity index (χ3n) is 3.05. The Morgan fingerprint density at radius 1 is 1.08 bits per heavy atom. The lowest BCUT2D eigenvalue weighted by atomic mass is 10.3. The minimum Gasteiger partial charge on any atom is -0.366 e. The lowest BCUT2D eigenvalue weighted by molar-refractivity contribution is 0.603. The van der Waals surface area contributed by atoms with Crippen LogP contribution in [0.15, 0.2) is 59.2 Å². The molecule has 3 aromatic rings. The summed E-state index contributed by atoms with van der Waals surface area (Å²) in [6, 6.07) is 10.2. The molecule has 3 rings (SSSR count). The Balaban J connectivity index is 1.64. The first-order valence-electron chi connectivity index (χ1n) is 6.90. The average molecular weight is 381 g/mol. The maximum atomic E-state index is 12.2. The number of halogens is 1. The fraction of sp³-hybridized carbons (Fsp3) is 0.0667. The van der Waals surface area contributed by atoms with Crippen LogP contribution in [0.25, 0.3) is 0 Å². The van der Waals surface area contributed by atoms with E-state index < -0.39 is 10.0 Å². The van der Waals surface area contributed by atoms with Gasteiger partial charge < -0.3 is 5.32 Å². The third-order valence-corrected chi connectivity index (χ3v) is 6.16. The van der Waals surface area contributed by atoms with Crippen molar-refractivity contribution in [2.75, 3.05) is 10.0 Å². The van der Waals surface area contributed by atoms with Gasteiger partial charge in [-0.15, -0.1) is 11.3 Å². The molecule has 9 heteroatoms. The molecular weight excluding hydrogens is 368 g/mol. The molecule has 0 atom stereocenters. The molecule has 6 nitrogen and oxygen atoms in total. The Kier molecular flexibility index (Phi) is 4.98. The molecule has 24 heavy (non-hydrogen) atoms. The van der Waals surface area contributed by atoms with Gasteiger partial charge in [0.05, 0.1) is 16.2 Å². The summed E-state index contributed by atoms with van der Waals surface area (Å²) in [4.78, 5) is 8.16. The highest BCUT2D eigenvalue weighted by atomic mass is 35.5. The van der Waals surface area contributed by atoms with Crippen LogP contribution >= 0.6 is 22.9 Å². The Bertz CT molecular complexity index is 912. The molecule has 0 aliphatic heterocycles. The van der Waals surface area contributed by atoms with Crippen LogP contribution in [0.4, 0.5) is 11.5 Å². The summed E-state index contributed by atoms with van der Waals surface area (Å²) in [6.45, 7) is 0.605. The van der Waals surface area contributed by atoms with Crippen molar-refractivity contribution >= 4 is 44.5 Å². The normalized spacial score (nSPS) is 11.2. The van der Waals surface area contributed by atoms with E-state index in [0.29, 0.717) is 22.4 Å². The van der Waals surface area contributed by atoms with Crippen molar-refractivity contribution in [1.82, 2.24) is 9.97 Å². The summed E-state index contributed by atoms with van der Waals surface area (Å²) < 4.78 is 27.5. The van der Waals surface area contributed by atoms with E-state index in [1.165, 1.54) is 12.3 Å². The van der Waals surface area contributed by atoms with Gasteiger partial charge in [0, 0.05) is 18.9 Å². The van der Waals surface area contributed by atoms with Crippen LogP contribution in [0.5, 0.6) is 0 Å². The van der Waals surface area contributed by atoms with Gasteiger partial charge in [0.2, 0.25) is 0 Å². The Morgan fingerprint density at radius 3 is 2.50 bits per heavy atom. The predicted octanol–water partition coefficient (Wildman–Crippen LogP) is 3.60. The Hall–Kier alpha value is -2.16. The van der Waals surface area contributed by atoms with Gasteiger partial charge in [0.1, 0.15) is 10.0 Å². The quantitative estimate of drug-likeness (QED) is 0.682. The minimum atomic E-state index is -3.64. The van der Waals surface area contributed by atoms with Gasteiger partial charge in [-0.05, 0) is 42.0 Å². The smallest absolute Gasteiger partial charge is 0.271 e. The van der Waals surface area contributed by atoms with Crippen LogP contribution in [0, 0.1) is 0 Å². The van der Waals surface area contributed by atoms with Gasteiger partial charge in [0.15, 0.2) is 0 Å². The molecule has 0 aliphatic carbocycles. The lowest BCUT2D eigenvalue weighted by Crippen LogP contribution is -2.11. The number of nitrogens with one attached hydrogen (secondary N) is 2. The SMILES string of the molecule is O=S(=O)(Nc1ccc(NCc2ccncc2)nc1)c1ccc(Cl)s1. The molecule has 0 saturated carbocycles. The molecule has 3 aromatic heterocycles. The number of aromatic nitrogens is 2. The number of rotatable bonds is 6. The number of hydrogen-bond donors (Lipinski definition) is 2. The first kappa shape index (κ1) is 16.7. The van der Waals surface area contributed by atoms with Gasteiger partial charge >= 0.3 is 0 Å². The molecule has 0 aromatic carbocycles. The molecule has 0 saturated heterocycles. The van der Waals surface area contributed by atoms with E-state index in [-0.39, 0.29) is 4.21 Å². The fourth-order valence-corrected chi connectivity index (χ4v) is 4.43. The van der Waals surface area contributed by atoms with Crippen molar-refractivity contribution in [1.29, 1.82) is 0 Å². The first-order chi connectivity index (χ1) is 11.5. The fourth-order valence-electron chi connectivity index (χ4n) is 1.90. The van der Waals surface area contributed by atoms with Crippen molar-refractivity contribution in [3.63, 3.8) is 0 Å². The number of thiophene rings is 1. The van der Waals surface area contributed by atoms with E-state index in [1.54, 1.807) is 30.6 Å². The zero-order valence-corrected chi connectivity index (χ0v) is 14.7. The molecule has 0 aliphatic rings. The summed E-state index contributed by atoms with van der Waals surface area (Å²) in [7, 11) is -3.64. The number of anilines is 2. The first-order valence-corrected chi connectivity index (χ1v) is 9.58. The van der Waals surface area contributed by atoms with Crippen molar-refractivity contribution in [3.8, 4) is 0 Å². The van der Waals surface area contributed by atoms with E-state index >= 15 is 0 Å². The van der Waals surface area contributed by atoms with E-state index in [9.17, 15) is 8.42 Å². The Labute approximate surface area is 148 Å². The van der Waals surface area contributed by atoms with Crippen LogP contribution in [-0.2, 0) is 16.6 Å². The van der Waals surface area contributed by atoms with E-state index in [2.05, 4.69) is 20.0 Å². The second-order valence-electron chi connectivity index (χ2n) is 4.81. The number of nitrogens with zero attached hydrogens (tertiary/aromatic N) is 2. The predicted molar refractivity (Wildman–Crippen MR) is 95.9 cm³/mol. The molecule has 0 amide bonds. The van der Waals surface area contributed by atoms with Gasteiger partial charge in [0.25, 0.3) is 10.0 Å². The summed E-state index contributed by atoms with van der Waals surface area (Å²) in [5.41, 5.74) is 1.46. The molecule has 3 heterocycles. The van der Waals surface area contributed by atoms with Crippen molar-refractivity contribution in [3.05, 3.63) is 64.9 Å². The highest BCUT2D eigenvalue weighted by molar-refractivity contribution is 7.94. The lowest BCUT2D eigenvalue weighted by Gasteiger charge is -2.08. The van der Waals surface area contributed by atoms with Crippen LogP contribution in [0.3, 0.4) is 0 Å². The Morgan fingerprint density at radius 2 is 1.88 bits per heavy atom. The van der Waals surface area contributed by atoms with Gasteiger partial charge in [-0.1, -0.05) is 11.6 Å². The molecule has 2 N–H and O–H groups in total. The molecule has 0 unspecified atom stereocenters. The topological polar surface area (TPSA) is 84.0 Å². The van der Waals surface area contributed by atoms with E-state index in [4.69, 9.17) is 11.6 Å². The van der Waals surface area contributed by atoms with E-state index in [1.807, 2.05) is 12.1 Å². The zero-order chi connectivity index (χ0) is 17.0. The standard InChI is InChI=1S/C15H13ClN4O2S2/c16-13-2-4-15(23-13)24(21,22)20-12-1-3-14(19-10-12)18-9-11-5-7-17-8-6-11/h1-8,10,20H,9H2,(H,18,19). The minimum absolute atomic E-state index is 0.160. The molecule has 0 bridgehead atoms. The maximum absolute atomic E-state index is 12.2. The number of sulfonamides is 1. The second kappa shape index (κ2) is 7.16. The molecule has 0 spiro atoms. The maximum Gasteiger partial charge on any atom is 0.271 e. The summed E-state index contributed by atoms with van der Waals surface area (Å²) >= 11 is 6.78. The van der Waals surface area contributed by atoms with Crippen molar-refractivity contribution in [2.45, 2.75) is 10.8 Å². The zero-order valence-electron chi connectivity index (χ0n) is 12.3.